The van der Waals surface area contributed by atoms with E-state index in [-0.39, 0.29) is 6.09 Å². The zero-order chi connectivity index (χ0) is 17.6. The summed E-state index contributed by atoms with van der Waals surface area (Å²) in [6.45, 7) is 8.23. The summed E-state index contributed by atoms with van der Waals surface area (Å²) in [5.74, 6) is 0.876. The fourth-order valence-electron chi connectivity index (χ4n) is 3.07. The summed E-state index contributed by atoms with van der Waals surface area (Å²) in [7, 11) is 0. The number of carbonyl (C=O) groups excluding carboxylic acids is 1. The summed E-state index contributed by atoms with van der Waals surface area (Å²) in [5.41, 5.74) is 3.10. The third kappa shape index (κ3) is 4.60. The molecule has 6 nitrogen and oxygen atoms in total. The van der Waals surface area contributed by atoms with Gasteiger partial charge in [-0.05, 0) is 25.8 Å². The van der Waals surface area contributed by atoms with Gasteiger partial charge in [0.05, 0.1) is 5.69 Å². The number of rotatable bonds is 4. The highest BCUT2D eigenvalue weighted by molar-refractivity contribution is 5.67. The van der Waals surface area contributed by atoms with Gasteiger partial charge in [-0.15, -0.1) is 0 Å². The van der Waals surface area contributed by atoms with Crippen LogP contribution in [0, 0.1) is 13.8 Å². The highest BCUT2D eigenvalue weighted by Gasteiger charge is 2.21. The van der Waals surface area contributed by atoms with Crippen molar-refractivity contribution in [3.8, 4) is 0 Å². The van der Waals surface area contributed by atoms with E-state index in [4.69, 9.17) is 9.26 Å². The van der Waals surface area contributed by atoms with E-state index in [9.17, 15) is 4.79 Å². The van der Waals surface area contributed by atoms with Gasteiger partial charge >= 0.3 is 6.09 Å². The van der Waals surface area contributed by atoms with Crippen LogP contribution in [0.25, 0.3) is 0 Å². The van der Waals surface area contributed by atoms with E-state index in [0.717, 1.165) is 55.2 Å². The molecule has 6 heteroatoms. The standard InChI is InChI=1S/C19H25N3O3/c1-15-18(16(2)25-20-15)13-21-9-6-10-22(12-11-21)19(23)24-14-17-7-4-3-5-8-17/h3-5,7-8H,6,9-14H2,1-2H3. The van der Waals surface area contributed by atoms with Crippen LogP contribution < -0.4 is 0 Å². The molecule has 0 aliphatic carbocycles. The molecule has 0 N–H and O–H groups in total. The van der Waals surface area contributed by atoms with Crippen molar-refractivity contribution in [2.45, 2.75) is 33.4 Å². The molecule has 1 amide bonds. The molecule has 0 unspecified atom stereocenters. The summed E-state index contributed by atoms with van der Waals surface area (Å²) >= 11 is 0. The molecular formula is C19H25N3O3. The van der Waals surface area contributed by atoms with Crippen LogP contribution in [0.2, 0.25) is 0 Å². The lowest BCUT2D eigenvalue weighted by molar-refractivity contribution is 0.0972. The molecule has 0 radical (unpaired) electrons. The van der Waals surface area contributed by atoms with E-state index in [2.05, 4.69) is 10.1 Å². The number of carbonyl (C=O) groups is 1. The molecule has 1 aliphatic heterocycles. The minimum Gasteiger partial charge on any atom is -0.445 e. The Morgan fingerprint density at radius 3 is 2.68 bits per heavy atom. The lowest BCUT2D eigenvalue weighted by Crippen LogP contribution is -2.35. The van der Waals surface area contributed by atoms with Gasteiger partial charge in [-0.3, -0.25) is 4.90 Å². The van der Waals surface area contributed by atoms with Crippen molar-refractivity contribution < 1.29 is 14.1 Å². The average molecular weight is 343 g/mol. The molecule has 25 heavy (non-hydrogen) atoms. The van der Waals surface area contributed by atoms with E-state index < -0.39 is 0 Å². The zero-order valence-electron chi connectivity index (χ0n) is 14.9. The normalized spacial score (nSPS) is 15.8. The largest absolute Gasteiger partial charge is 0.445 e. The number of aromatic nitrogens is 1. The number of hydrogen-bond acceptors (Lipinski definition) is 5. The van der Waals surface area contributed by atoms with E-state index in [1.54, 1.807) is 4.90 Å². The van der Waals surface area contributed by atoms with E-state index >= 15 is 0 Å². The molecule has 1 aromatic heterocycles. The molecule has 1 saturated heterocycles. The molecule has 3 rings (SSSR count). The molecule has 1 fully saturated rings. The Kier molecular flexibility index (Phi) is 5.71. The molecule has 0 spiro atoms. The first-order chi connectivity index (χ1) is 12.1. The molecule has 0 saturated carbocycles. The van der Waals surface area contributed by atoms with Crippen LogP contribution in [0.15, 0.2) is 34.9 Å². The molecule has 1 aromatic carbocycles. The number of amides is 1. The molecule has 0 bridgehead atoms. The number of nitrogens with zero attached hydrogens (tertiary/aromatic N) is 3. The summed E-state index contributed by atoms with van der Waals surface area (Å²) in [4.78, 5) is 16.5. The predicted octanol–water partition coefficient (Wildman–Crippen LogP) is 3.14. The molecule has 0 atom stereocenters. The Bertz CT molecular complexity index is 680. The maximum Gasteiger partial charge on any atom is 0.410 e. The van der Waals surface area contributed by atoms with Gasteiger partial charge in [-0.25, -0.2) is 4.79 Å². The fourth-order valence-corrected chi connectivity index (χ4v) is 3.07. The van der Waals surface area contributed by atoms with Gasteiger partial charge < -0.3 is 14.2 Å². The fraction of sp³-hybridized carbons (Fsp3) is 0.474. The van der Waals surface area contributed by atoms with Crippen LogP contribution >= 0.6 is 0 Å². The zero-order valence-corrected chi connectivity index (χ0v) is 14.9. The van der Waals surface area contributed by atoms with E-state index in [0.29, 0.717) is 13.2 Å². The van der Waals surface area contributed by atoms with Crippen LogP contribution in [0.3, 0.4) is 0 Å². The minimum absolute atomic E-state index is 0.233. The minimum atomic E-state index is -0.233. The van der Waals surface area contributed by atoms with Crippen molar-refractivity contribution in [2.24, 2.45) is 0 Å². The first-order valence-electron chi connectivity index (χ1n) is 8.73. The molecule has 1 aliphatic rings. The lowest BCUT2D eigenvalue weighted by atomic mass is 10.2. The van der Waals surface area contributed by atoms with Gasteiger partial charge in [-0.2, -0.15) is 0 Å². The third-order valence-electron chi connectivity index (χ3n) is 4.61. The van der Waals surface area contributed by atoms with E-state index in [1.165, 1.54) is 0 Å². The van der Waals surface area contributed by atoms with Gasteiger partial charge in [0.15, 0.2) is 0 Å². The molecule has 2 heterocycles. The summed E-state index contributed by atoms with van der Waals surface area (Å²) < 4.78 is 10.7. The van der Waals surface area contributed by atoms with Crippen molar-refractivity contribution in [1.82, 2.24) is 15.0 Å². The van der Waals surface area contributed by atoms with Gasteiger partial charge in [-0.1, -0.05) is 35.5 Å². The van der Waals surface area contributed by atoms with Crippen molar-refractivity contribution in [3.05, 3.63) is 52.9 Å². The second-order valence-corrected chi connectivity index (χ2v) is 6.46. The molecule has 134 valence electrons. The first kappa shape index (κ1) is 17.5. The number of hydrogen-bond donors (Lipinski definition) is 0. The van der Waals surface area contributed by atoms with Crippen LogP contribution in [0.5, 0.6) is 0 Å². The highest BCUT2D eigenvalue weighted by atomic mass is 16.6. The average Bonchev–Trinajstić information content (AvgIpc) is 2.82. The number of aryl methyl sites for hydroxylation is 2. The predicted molar refractivity (Wildman–Crippen MR) is 94.1 cm³/mol. The van der Waals surface area contributed by atoms with Gasteiger partial charge in [0.25, 0.3) is 0 Å². The third-order valence-corrected chi connectivity index (χ3v) is 4.61. The second kappa shape index (κ2) is 8.16. The van der Waals surface area contributed by atoms with Crippen LogP contribution in [0.4, 0.5) is 4.79 Å². The summed E-state index contributed by atoms with van der Waals surface area (Å²) in [5, 5.41) is 4.02. The topological polar surface area (TPSA) is 58.8 Å². The maximum atomic E-state index is 12.3. The van der Waals surface area contributed by atoms with Crippen molar-refractivity contribution in [2.75, 3.05) is 26.2 Å². The quantitative estimate of drug-likeness (QED) is 0.853. The lowest BCUT2D eigenvalue weighted by Gasteiger charge is -2.21. The van der Waals surface area contributed by atoms with Gasteiger partial charge in [0, 0.05) is 38.3 Å². The van der Waals surface area contributed by atoms with Crippen molar-refractivity contribution in [3.63, 3.8) is 0 Å². The Hall–Kier alpha value is -2.34. The van der Waals surface area contributed by atoms with Crippen molar-refractivity contribution >= 4 is 6.09 Å². The Balaban J connectivity index is 1.50. The van der Waals surface area contributed by atoms with Crippen LogP contribution in [-0.4, -0.2) is 47.2 Å². The Morgan fingerprint density at radius 1 is 1.16 bits per heavy atom. The summed E-state index contributed by atoms with van der Waals surface area (Å²) in [6, 6.07) is 9.76. The molecule has 2 aromatic rings. The van der Waals surface area contributed by atoms with Crippen LogP contribution in [-0.2, 0) is 17.9 Å². The maximum absolute atomic E-state index is 12.3. The number of benzene rings is 1. The first-order valence-corrected chi connectivity index (χ1v) is 8.73. The monoisotopic (exact) mass is 343 g/mol. The second-order valence-electron chi connectivity index (χ2n) is 6.46. The van der Waals surface area contributed by atoms with Gasteiger partial charge in [0.2, 0.25) is 0 Å². The van der Waals surface area contributed by atoms with Crippen molar-refractivity contribution in [1.29, 1.82) is 0 Å². The van der Waals surface area contributed by atoms with E-state index in [1.807, 2.05) is 44.2 Å². The smallest absolute Gasteiger partial charge is 0.410 e. The molecular weight excluding hydrogens is 318 g/mol. The van der Waals surface area contributed by atoms with Gasteiger partial charge in [0.1, 0.15) is 12.4 Å². The SMILES string of the molecule is Cc1noc(C)c1CN1CCCN(C(=O)OCc2ccccc2)CC1. The Morgan fingerprint density at radius 2 is 1.96 bits per heavy atom. The highest BCUT2D eigenvalue weighted by Crippen LogP contribution is 2.16. The number of ether oxygens (including phenoxy) is 1. The van der Waals surface area contributed by atoms with Crippen LogP contribution in [0.1, 0.15) is 29.0 Å². The summed E-state index contributed by atoms with van der Waals surface area (Å²) in [6.07, 6.45) is 0.701. The Labute approximate surface area is 148 Å².